The maximum absolute atomic E-state index is 12.7. The van der Waals surface area contributed by atoms with Gasteiger partial charge in [0.15, 0.2) is 0 Å². The first-order valence-corrected chi connectivity index (χ1v) is 7.63. The van der Waals surface area contributed by atoms with Crippen LogP contribution in [-0.4, -0.2) is 13.0 Å². The highest BCUT2D eigenvalue weighted by Gasteiger charge is 2.30. The van der Waals surface area contributed by atoms with Crippen LogP contribution in [0, 0.1) is 0 Å². The number of para-hydroxylation sites is 1. The summed E-state index contributed by atoms with van der Waals surface area (Å²) >= 11 is 5.88. The number of methoxy groups -OCH3 is 1. The smallest absolute Gasteiger partial charge is 0.416 e. The highest BCUT2D eigenvalue weighted by atomic mass is 35.5. The Labute approximate surface area is 148 Å². The summed E-state index contributed by atoms with van der Waals surface area (Å²) in [6, 6.07) is 10.1. The number of carbonyl (C=O) groups is 1. The van der Waals surface area contributed by atoms with Crippen LogP contribution in [0.1, 0.15) is 16.7 Å². The maximum Gasteiger partial charge on any atom is 0.416 e. The first-order valence-electron chi connectivity index (χ1n) is 7.26. The molecule has 0 heterocycles. The minimum Gasteiger partial charge on any atom is -0.496 e. The zero-order valence-electron chi connectivity index (χ0n) is 13.2. The fraction of sp³-hybridized carbons (Fsp3) is 0.167. The molecule has 0 radical (unpaired) electrons. The summed E-state index contributed by atoms with van der Waals surface area (Å²) in [5.74, 6) is 0.173. The zero-order valence-corrected chi connectivity index (χ0v) is 14.0. The molecular weight excluding hydrogens is 355 g/mol. The van der Waals surface area contributed by atoms with Crippen molar-refractivity contribution >= 4 is 23.6 Å². The summed E-state index contributed by atoms with van der Waals surface area (Å²) < 4.78 is 43.3. The van der Waals surface area contributed by atoms with Crippen molar-refractivity contribution in [2.24, 2.45) is 0 Å². The first-order chi connectivity index (χ1) is 11.8. The monoisotopic (exact) mass is 369 g/mol. The van der Waals surface area contributed by atoms with Gasteiger partial charge < -0.3 is 10.1 Å². The number of hydrogen-bond acceptors (Lipinski definition) is 2. The van der Waals surface area contributed by atoms with Crippen molar-refractivity contribution in [3.63, 3.8) is 0 Å². The quantitative estimate of drug-likeness (QED) is 0.776. The number of hydrogen-bond donors (Lipinski definition) is 1. The van der Waals surface area contributed by atoms with Gasteiger partial charge in [0.1, 0.15) is 5.75 Å². The van der Waals surface area contributed by atoms with E-state index in [9.17, 15) is 18.0 Å². The van der Waals surface area contributed by atoms with Gasteiger partial charge >= 0.3 is 6.18 Å². The van der Waals surface area contributed by atoms with Crippen LogP contribution in [0.3, 0.4) is 0 Å². The number of rotatable bonds is 5. The van der Waals surface area contributed by atoms with E-state index in [1.165, 1.54) is 13.2 Å². The molecule has 0 fully saturated rings. The number of nitrogens with one attached hydrogen (secondary N) is 1. The van der Waals surface area contributed by atoms with Gasteiger partial charge in [-0.05, 0) is 35.9 Å². The van der Waals surface area contributed by atoms with Crippen LogP contribution in [0.5, 0.6) is 5.75 Å². The van der Waals surface area contributed by atoms with Crippen LogP contribution in [0.25, 0.3) is 6.08 Å². The summed E-state index contributed by atoms with van der Waals surface area (Å²) in [4.78, 5) is 11.9. The van der Waals surface area contributed by atoms with Crippen LogP contribution in [0.15, 0.2) is 48.5 Å². The second kappa shape index (κ2) is 8.07. The number of benzene rings is 2. The van der Waals surface area contributed by atoms with Gasteiger partial charge in [0.05, 0.1) is 12.7 Å². The molecule has 2 aromatic carbocycles. The molecule has 0 unspecified atom stereocenters. The minimum atomic E-state index is -4.47. The Balaban J connectivity index is 2.05. The average Bonchev–Trinajstić information content (AvgIpc) is 2.58. The molecule has 2 rings (SSSR count). The van der Waals surface area contributed by atoms with E-state index in [1.807, 2.05) is 6.07 Å². The molecule has 0 saturated heterocycles. The third-order valence-electron chi connectivity index (χ3n) is 3.38. The van der Waals surface area contributed by atoms with Gasteiger partial charge in [-0.1, -0.05) is 29.8 Å². The molecule has 3 nitrogen and oxygen atoms in total. The SMILES string of the molecule is COc1ccccc1CNC(=O)/C=C/c1cc(C(F)(F)F)ccc1Cl. The van der Waals surface area contributed by atoms with Crippen molar-refractivity contribution < 1.29 is 22.7 Å². The minimum absolute atomic E-state index is 0.115. The van der Waals surface area contributed by atoms with Gasteiger partial charge in [0.25, 0.3) is 0 Å². The topological polar surface area (TPSA) is 38.3 Å². The van der Waals surface area contributed by atoms with Gasteiger partial charge in [-0.3, -0.25) is 4.79 Å². The van der Waals surface area contributed by atoms with E-state index >= 15 is 0 Å². The average molecular weight is 370 g/mol. The number of halogens is 4. The number of carbonyl (C=O) groups excluding carboxylic acids is 1. The van der Waals surface area contributed by atoms with E-state index in [1.54, 1.807) is 18.2 Å². The highest BCUT2D eigenvalue weighted by Crippen LogP contribution is 2.32. The van der Waals surface area contributed by atoms with Crippen molar-refractivity contribution in [1.82, 2.24) is 5.32 Å². The first kappa shape index (κ1) is 18.9. The Kier molecular flexibility index (Phi) is 6.09. The van der Waals surface area contributed by atoms with Crippen molar-refractivity contribution in [3.8, 4) is 5.75 Å². The summed E-state index contributed by atoms with van der Waals surface area (Å²) in [7, 11) is 1.52. The van der Waals surface area contributed by atoms with E-state index in [-0.39, 0.29) is 17.1 Å². The van der Waals surface area contributed by atoms with Crippen molar-refractivity contribution in [3.05, 3.63) is 70.3 Å². The highest BCUT2D eigenvalue weighted by molar-refractivity contribution is 6.32. The molecule has 132 valence electrons. The molecule has 0 spiro atoms. The molecule has 0 bridgehead atoms. The second-order valence-electron chi connectivity index (χ2n) is 5.10. The molecule has 25 heavy (non-hydrogen) atoms. The van der Waals surface area contributed by atoms with E-state index < -0.39 is 17.6 Å². The molecule has 0 atom stereocenters. The molecule has 0 aliphatic heterocycles. The lowest BCUT2D eigenvalue weighted by molar-refractivity contribution is -0.137. The normalized spacial score (nSPS) is 11.6. The lowest BCUT2D eigenvalue weighted by Crippen LogP contribution is -2.20. The standard InChI is InChI=1S/C18H15ClF3NO2/c1-25-16-5-3-2-4-13(16)11-23-17(24)9-6-12-10-14(18(20,21)22)7-8-15(12)19/h2-10H,11H2,1H3,(H,23,24)/b9-6+. The molecule has 0 saturated carbocycles. The molecule has 7 heteroatoms. The van der Waals surface area contributed by atoms with Crippen LogP contribution in [0.4, 0.5) is 13.2 Å². The number of alkyl halides is 3. The Hall–Kier alpha value is -2.47. The van der Waals surface area contributed by atoms with Gasteiger partial charge in [0.2, 0.25) is 5.91 Å². The van der Waals surface area contributed by atoms with Gasteiger partial charge in [0, 0.05) is 23.2 Å². The van der Waals surface area contributed by atoms with Crippen molar-refractivity contribution in [1.29, 1.82) is 0 Å². The van der Waals surface area contributed by atoms with Gasteiger partial charge in [-0.2, -0.15) is 13.2 Å². The molecular formula is C18H15ClF3NO2. The van der Waals surface area contributed by atoms with E-state index in [0.29, 0.717) is 5.75 Å². The molecule has 1 N–H and O–H groups in total. The third-order valence-corrected chi connectivity index (χ3v) is 3.73. The Bertz CT molecular complexity index is 788. The fourth-order valence-electron chi connectivity index (χ4n) is 2.10. The number of ether oxygens (including phenoxy) is 1. The zero-order chi connectivity index (χ0) is 18.4. The van der Waals surface area contributed by atoms with Crippen LogP contribution < -0.4 is 10.1 Å². The molecule has 0 aliphatic rings. The fourth-order valence-corrected chi connectivity index (χ4v) is 2.28. The summed E-state index contributed by atoms with van der Waals surface area (Å²) in [5.41, 5.74) is 0.0683. The molecule has 0 aliphatic carbocycles. The van der Waals surface area contributed by atoms with Crippen LogP contribution >= 0.6 is 11.6 Å². The second-order valence-corrected chi connectivity index (χ2v) is 5.50. The summed E-state index contributed by atoms with van der Waals surface area (Å²) in [6.07, 6.45) is -2.09. The molecule has 1 amide bonds. The largest absolute Gasteiger partial charge is 0.496 e. The Morgan fingerprint density at radius 3 is 2.64 bits per heavy atom. The van der Waals surface area contributed by atoms with Gasteiger partial charge in [-0.15, -0.1) is 0 Å². The van der Waals surface area contributed by atoms with Crippen LogP contribution in [-0.2, 0) is 17.5 Å². The Morgan fingerprint density at radius 2 is 1.96 bits per heavy atom. The maximum atomic E-state index is 12.7. The van der Waals surface area contributed by atoms with Gasteiger partial charge in [-0.25, -0.2) is 0 Å². The lowest BCUT2D eigenvalue weighted by Gasteiger charge is -2.09. The number of amides is 1. The van der Waals surface area contributed by atoms with E-state index in [4.69, 9.17) is 16.3 Å². The molecule has 0 aromatic heterocycles. The Morgan fingerprint density at radius 1 is 1.24 bits per heavy atom. The molecule has 2 aromatic rings. The van der Waals surface area contributed by atoms with Crippen molar-refractivity contribution in [2.75, 3.05) is 7.11 Å². The van der Waals surface area contributed by atoms with Crippen LogP contribution in [0.2, 0.25) is 5.02 Å². The predicted octanol–water partition coefficient (Wildman–Crippen LogP) is 4.70. The summed E-state index contributed by atoms with van der Waals surface area (Å²) in [6.45, 7) is 0.226. The lowest BCUT2D eigenvalue weighted by atomic mass is 10.1. The third kappa shape index (κ3) is 5.26. The predicted molar refractivity (Wildman–Crippen MR) is 90.3 cm³/mol. The van der Waals surface area contributed by atoms with E-state index in [0.717, 1.165) is 29.8 Å². The van der Waals surface area contributed by atoms with E-state index in [2.05, 4.69) is 5.32 Å². The summed E-state index contributed by atoms with van der Waals surface area (Å²) in [5, 5.41) is 2.76. The van der Waals surface area contributed by atoms with Crippen molar-refractivity contribution in [2.45, 2.75) is 12.7 Å².